The molecule has 0 aromatic carbocycles. The monoisotopic (exact) mass is 388 g/mol. The van der Waals surface area contributed by atoms with E-state index in [1.165, 1.54) is 0 Å². The minimum atomic E-state index is -1.47. The molecule has 1 saturated carbocycles. The van der Waals surface area contributed by atoms with Crippen molar-refractivity contribution in [1.29, 1.82) is 0 Å². The number of ether oxygens (including phenoxy) is 3. The van der Waals surface area contributed by atoms with Crippen LogP contribution in [0.3, 0.4) is 0 Å². The molecular formula is C19H32O8. The number of fused-ring (bicyclic) bond motifs is 1. The van der Waals surface area contributed by atoms with E-state index in [0.717, 1.165) is 0 Å². The Hall–Kier alpha value is -0.580. The van der Waals surface area contributed by atoms with Gasteiger partial charge in [-0.05, 0) is 20.3 Å². The first-order valence-corrected chi connectivity index (χ1v) is 9.50. The summed E-state index contributed by atoms with van der Waals surface area (Å²) >= 11 is 0. The third-order valence-corrected chi connectivity index (χ3v) is 6.31. The predicted octanol–water partition coefficient (Wildman–Crippen LogP) is -0.544. The molecule has 0 spiro atoms. The molecule has 1 aliphatic carbocycles. The molecule has 0 radical (unpaired) electrons. The second kappa shape index (κ2) is 7.03. The maximum atomic E-state index is 10.1. The van der Waals surface area contributed by atoms with E-state index in [1.807, 2.05) is 19.1 Å². The van der Waals surface area contributed by atoms with Crippen LogP contribution in [0.1, 0.15) is 40.5 Å². The van der Waals surface area contributed by atoms with Gasteiger partial charge in [0.05, 0.1) is 18.8 Å². The molecule has 0 aromatic heterocycles. The van der Waals surface area contributed by atoms with Gasteiger partial charge in [0.1, 0.15) is 35.6 Å². The van der Waals surface area contributed by atoms with Crippen molar-refractivity contribution in [2.75, 3.05) is 6.61 Å². The van der Waals surface area contributed by atoms with Crippen LogP contribution in [-0.2, 0) is 14.2 Å². The summed E-state index contributed by atoms with van der Waals surface area (Å²) in [7, 11) is 0. The molecule has 3 aliphatic rings. The third-order valence-electron chi connectivity index (χ3n) is 6.31. The van der Waals surface area contributed by atoms with Crippen molar-refractivity contribution < 1.29 is 39.7 Å². The molecule has 3 rings (SSSR count). The molecule has 9 atom stereocenters. The van der Waals surface area contributed by atoms with Crippen molar-refractivity contribution in [2.45, 2.75) is 94.7 Å². The Morgan fingerprint density at radius 2 is 1.74 bits per heavy atom. The molecule has 156 valence electrons. The average molecular weight is 388 g/mol. The van der Waals surface area contributed by atoms with Crippen molar-refractivity contribution in [3.8, 4) is 0 Å². The fourth-order valence-electron chi connectivity index (χ4n) is 4.78. The van der Waals surface area contributed by atoms with E-state index < -0.39 is 60.7 Å². The van der Waals surface area contributed by atoms with E-state index in [2.05, 4.69) is 13.8 Å². The van der Waals surface area contributed by atoms with Gasteiger partial charge in [0.2, 0.25) is 0 Å². The van der Waals surface area contributed by atoms with Crippen LogP contribution in [0.15, 0.2) is 12.2 Å². The quantitative estimate of drug-likeness (QED) is 0.313. The average Bonchev–Trinajstić information content (AvgIpc) is 3.19. The zero-order chi connectivity index (χ0) is 20.2. The number of hydrogen-bond acceptors (Lipinski definition) is 8. The summed E-state index contributed by atoms with van der Waals surface area (Å²) in [5.74, 6) is 0. The fourth-order valence-corrected chi connectivity index (χ4v) is 4.78. The molecule has 3 fully saturated rings. The minimum absolute atomic E-state index is 0.251. The maximum Gasteiger partial charge on any atom is 0.187 e. The number of rotatable bonds is 5. The van der Waals surface area contributed by atoms with Crippen molar-refractivity contribution in [3.05, 3.63) is 12.2 Å². The molecule has 8 nitrogen and oxygen atoms in total. The number of hydrogen-bond donors (Lipinski definition) is 5. The van der Waals surface area contributed by atoms with E-state index in [0.29, 0.717) is 12.8 Å². The third kappa shape index (κ3) is 3.47. The first kappa shape index (κ1) is 21.1. The lowest BCUT2D eigenvalue weighted by Gasteiger charge is -2.40. The summed E-state index contributed by atoms with van der Waals surface area (Å²) in [6.45, 7) is 7.38. The lowest BCUT2D eigenvalue weighted by molar-refractivity contribution is -0.306. The molecule has 8 heteroatoms. The van der Waals surface area contributed by atoms with Crippen LogP contribution in [0.25, 0.3) is 0 Å². The minimum Gasteiger partial charge on any atom is -0.394 e. The highest BCUT2D eigenvalue weighted by Gasteiger charge is 2.74. The van der Waals surface area contributed by atoms with Crippen LogP contribution in [0.5, 0.6) is 0 Å². The second-order valence-electron chi connectivity index (χ2n) is 8.91. The molecule has 5 N–H and O–H groups in total. The van der Waals surface area contributed by atoms with Crippen molar-refractivity contribution >= 4 is 0 Å². The van der Waals surface area contributed by atoms with E-state index in [9.17, 15) is 25.5 Å². The maximum absolute atomic E-state index is 10.1. The summed E-state index contributed by atoms with van der Waals surface area (Å²) in [5, 5.41) is 49.1. The standard InChI is InChI=1S/C19H32O8/c1-10(25-16-15(24)14(23)13(22)12(9-20)26-16)5-6-19-17(2,3)7-11(21)8-18(19,4)27-19/h5-6,10-16,20-24H,7-9H2,1-4H3/b6-5+/t10-,11+,12-,13-,14+,15-,16-,18-,19+/m1/s1. The zero-order valence-corrected chi connectivity index (χ0v) is 16.3. The van der Waals surface area contributed by atoms with Gasteiger partial charge in [0.15, 0.2) is 6.29 Å². The van der Waals surface area contributed by atoms with E-state index in [-0.39, 0.29) is 5.41 Å². The van der Waals surface area contributed by atoms with E-state index in [1.54, 1.807) is 6.92 Å². The van der Waals surface area contributed by atoms with Gasteiger partial charge < -0.3 is 39.7 Å². The molecule has 0 amide bonds. The highest BCUT2D eigenvalue weighted by atomic mass is 16.7. The summed E-state index contributed by atoms with van der Waals surface area (Å²) in [4.78, 5) is 0. The Labute approximate surface area is 159 Å². The van der Waals surface area contributed by atoms with E-state index >= 15 is 0 Å². The number of epoxide rings is 1. The number of aliphatic hydroxyl groups is 5. The van der Waals surface area contributed by atoms with E-state index in [4.69, 9.17) is 14.2 Å². The van der Waals surface area contributed by atoms with Crippen LogP contribution in [0.4, 0.5) is 0 Å². The highest BCUT2D eigenvalue weighted by Crippen LogP contribution is 2.66. The Kier molecular flexibility index (Phi) is 5.51. The largest absolute Gasteiger partial charge is 0.394 e. The van der Waals surface area contributed by atoms with Crippen LogP contribution < -0.4 is 0 Å². The van der Waals surface area contributed by atoms with Crippen LogP contribution >= 0.6 is 0 Å². The first-order chi connectivity index (χ1) is 12.5. The van der Waals surface area contributed by atoms with Crippen LogP contribution in [-0.4, -0.2) is 86.3 Å². The van der Waals surface area contributed by atoms with Gasteiger partial charge in [-0.15, -0.1) is 0 Å². The highest BCUT2D eigenvalue weighted by molar-refractivity contribution is 5.32. The molecule has 2 saturated heterocycles. The van der Waals surface area contributed by atoms with Crippen molar-refractivity contribution in [3.63, 3.8) is 0 Å². The van der Waals surface area contributed by atoms with Gasteiger partial charge in [-0.2, -0.15) is 0 Å². The lowest BCUT2D eigenvalue weighted by Crippen LogP contribution is -2.59. The van der Waals surface area contributed by atoms with Gasteiger partial charge in [-0.1, -0.05) is 26.0 Å². The topological polar surface area (TPSA) is 132 Å². The van der Waals surface area contributed by atoms with Gasteiger partial charge in [-0.3, -0.25) is 0 Å². The number of aliphatic hydroxyl groups excluding tert-OH is 5. The van der Waals surface area contributed by atoms with Crippen LogP contribution in [0, 0.1) is 5.41 Å². The lowest BCUT2D eigenvalue weighted by atomic mass is 9.63. The summed E-state index contributed by atoms with van der Waals surface area (Å²) < 4.78 is 17.1. The van der Waals surface area contributed by atoms with Gasteiger partial charge in [0, 0.05) is 11.8 Å². The second-order valence-corrected chi connectivity index (χ2v) is 8.91. The predicted molar refractivity (Wildman–Crippen MR) is 94.7 cm³/mol. The molecule has 0 bridgehead atoms. The van der Waals surface area contributed by atoms with Gasteiger partial charge >= 0.3 is 0 Å². The zero-order valence-electron chi connectivity index (χ0n) is 16.3. The SMILES string of the molecule is C[C@H](/C=C/[C@@]12O[C@]1(C)C[C@@H](O)CC2(C)C)O[C@@H]1O[C@H](CO)[C@@H](O)[C@H](O)[C@H]1O. The van der Waals surface area contributed by atoms with Crippen LogP contribution in [0.2, 0.25) is 0 Å². The Morgan fingerprint density at radius 3 is 2.33 bits per heavy atom. The first-order valence-electron chi connectivity index (χ1n) is 9.50. The Balaban J connectivity index is 1.67. The molecule has 2 heterocycles. The molecule has 0 aromatic rings. The molecular weight excluding hydrogens is 356 g/mol. The van der Waals surface area contributed by atoms with Gasteiger partial charge in [0.25, 0.3) is 0 Å². The fraction of sp³-hybridized carbons (Fsp3) is 0.895. The molecule has 0 unspecified atom stereocenters. The Bertz CT molecular complexity index is 578. The summed E-state index contributed by atoms with van der Waals surface area (Å²) in [6.07, 6.45) is -2.39. The van der Waals surface area contributed by atoms with Gasteiger partial charge in [-0.25, -0.2) is 0 Å². The smallest absolute Gasteiger partial charge is 0.187 e. The molecule has 27 heavy (non-hydrogen) atoms. The summed E-state index contributed by atoms with van der Waals surface area (Å²) in [6, 6.07) is 0. The Morgan fingerprint density at radius 1 is 1.07 bits per heavy atom. The van der Waals surface area contributed by atoms with Crippen molar-refractivity contribution in [1.82, 2.24) is 0 Å². The molecule has 2 aliphatic heterocycles. The van der Waals surface area contributed by atoms with Crippen molar-refractivity contribution in [2.24, 2.45) is 5.41 Å². The normalized spacial score (nSPS) is 50.4. The summed E-state index contributed by atoms with van der Waals surface area (Å²) in [5.41, 5.74) is -1.17.